The average molecular weight is 169 g/mol. The zero-order chi connectivity index (χ0) is 9.78. The SMILES string of the molecule is C/C=C\C(=O)N(C=O)C(C)(C)C. The number of allylic oxidation sites excluding steroid dienone is 1. The van der Waals surface area contributed by atoms with E-state index in [9.17, 15) is 9.59 Å². The maximum Gasteiger partial charge on any atom is 0.253 e. The minimum absolute atomic E-state index is 0.278. The quantitative estimate of drug-likeness (QED) is 0.462. The van der Waals surface area contributed by atoms with Gasteiger partial charge in [0.15, 0.2) is 0 Å². The first kappa shape index (κ1) is 10.9. The van der Waals surface area contributed by atoms with Crippen molar-refractivity contribution >= 4 is 12.3 Å². The number of hydrogen-bond donors (Lipinski definition) is 0. The highest BCUT2D eigenvalue weighted by atomic mass is 16.2. The lowest BCUT2D eigenvalue weighted by molar-refractivity contribution is -0.139. The van der Waals surface area contributed by atoms with E-state index >= 15 is 0 Å². The van der Waals surface area contributed by atoms with Crippen molar-refractivity contribution in [1.82, 2.24) is 4.90 Å². The van der Waals surface area contributed by atoms with Crippen LogP contribution in [0.4, 0.5) is 0 Å². The molecular formula is C9H15NO2. The van der Waals surface area contributed by atoms with Gasteiger partial charge >= 0.3 is 0 Å². The normalized spacial score (nSPS) is 11.7. The molecular weight excluding hydrogens is 154 g/mol. The Morgan fingerprint density at radius 3 is 2.08 bits per heavy atom. The highest BCUT2D eigenvalue weighted by Crippen LogP contribution is 2.10. The van der Waals surface area contributed by atoms with Gasteiger partial charge in [0.2, 0.25) is 6.41 Å². The van der Waals surface area contributed by atoms with Gasteiger partial charge < -0.3 is 0 Å². The fourth-order valence-electron chi connectivity index (χ4n) is 0.764. The molecule has 0 aromatic carbocycles. The Labute approximate surface area is 73.1 Å². The van der Waals surface area contributed by atoms with Crippen molar-refractivity contribution in [3.8, 4) is 0 Å². The van der Waals surface area contributed by atoms with E-state index in [2.05, 4.69) is 0 Å². The maximum atomic E-state index is 11.2. The van der Waals surface area contributed by atoms with Crippen molar-refractivity contribution in [2.45, 2.75) is 33.2 Å². The van der Waals surface area contributed by atoms with Crippen molar-refractivity contribution in [3.05, 3.63) is 12.2 Å². The molecule has 0 heterocycles. The van der Waals surface area contributed by atoms with Crippen LogP contribution >= 0.6 is 0 Å². The van der Waals surface area contributed by atoms with Crippen molar-refractivity contribution in [1.29, 1.82) is 0 Å². The zero-order valence-corrected chi connectivity index (χ0v) is 8.00. The van der Waals surface area contributed by atoms with Gasteiger partial charge in [0.05, 0.1) is 0 Å². The molecule has 0 aromatic heterocycles. The summed E-state index contributed by atoms with van der Waals surface area (Å²) < 4.78 is 0. The van der Waals surface area contributed by atoms with Gasteiger partial charge in [-0.05, 0) is 33.8 Å². The molecule has 0 rings (SSSR count). The molecule has 0 saturated heterocycles. The van der Waals surface area contributed by atoms with Gasteiger partial charge in [-0.1, -0.05) is 6.08 Å². The summed E-state index contributed by atoms with van der Waals surface area (Å²) in [6, 6.07) is 0. The summed E-state index contributed by atoms with van der Waals surface area (Å²) in [6.07, 6.45) is 3.55. The minimum Gasteiger partial charge on any atom is -0.278 e. The molecule has 0 saturated carbocycles. The number of carbonyl (C=O) groups excluding carboxylic acids is 2. The van der Waals surface area contributed by atoms with Crippen LogP contribution in [0.15, 0.2) is 12.2 Å². The highest BCUT2D eigenvalue weighted by Gasteiger charge is 2.23. The van der Waals surface area contributed by atoms with E-state index in [-0.39, 0.29) is 5.91 Å². The van der Waals surface area contributed by atoms with Crippen LogP contribution in [0.2, 0.25) is 0 Å². The molecule has 2 amide bonds. The van der Waals surface area contributed by atoms with Gasteiger partial charge in [0.25, 0.3) is 5.91 Å². The topological polar surface area (TPSA) is 37.4 Å². The predicted molar refractivity (Wildman–Crippen MR) is 47.5 cm³/mol. The predicted octanol–water partition coefficient (Wildman–Crippen LogP) is 1.35. The van der Waals surface area contributed by atoms with Gasteiger partial charge in [-0.15, -0.1) is 0 Å². The lowest BCUT2D eigenvalue weighted by atomic mass is 10.1. The van der Waals surface area contributed by atoms with Crippen LogP contribution in [0.1, 0.15) is 27.7 Å². The first-order valence-electron chi connectivity index (χ1n) is 3.84. The van der Waals surface area contributed by atoms with Crippen molar-refractivity contribution in [2.75, 3.05) is 0 Å². The second-order valence-electron chi connectivity index (χ2n) is 3.48. The van der Waals surface area contributed by atoms with E-state index in [1.165, 1.54) is 6.08 Å². The third-order valence-electron chi connectivity index (χ3n) is 1.37. The van der Waals surface area contributed by atoms with Crippen LogP contribution in [-0.4, -0.2) is 22.8 Å². The molecule has 3 heteroatoms. The smallest absolute Gasteiger partial charge is 0.253 e. The van der Waals surface area contributed by atoms with E-state index in [0.717, 1.165) is 4.90 Å². The Kier molecular flexibility index (Phi) is 3.67. The van der Waals surface area contributed by atoms with E-state index < -0.39 is 5.54 Å². The Balaban J connectivity index is 4.57. The molecule has 0 aliphatic heterocycles. The summed E-state index contributed by atoms with van der Waals surface area (Å²) in [5.41, 5.74) is -0.446. The third kappa shape index (κ3) is 2.86. The van der Waals surface area contributed by atoms with Gasteiger partial charge in [-0.25, -0.2) is 0 Å². The summed E-state index contributed by atoms with van der Waals surface area (Å²) >= 11 is 0. The van der Waals surface area contributed by atoms with Gasteiger partial charge in [-0.3, -0.25) is 14.5 Å². The molecule has 0 radical (unpaired) electrons. The largest absolute Gasteiger partial charge is 0.278 e. The molecule has 0 aromatic rings. The number of carbonyl (C=O) groups is 2. The fourth-order valence-corrected chi connectivity index (χ4v) is 0.764. The van der Waals surface area contributed by atoms with Crippen molar-refractivity contribution < 1.29 is 9.59 Å². The average Bonchev–Trinajstić information content (AvgIpc) is 1.85. The van der Waals surface area contributed by atoms with Crippen LogP contribution in [0.25, 0.3) is 0 Å². The first-order chi connectivity index (χ1) is 5.43. The van der Waals surface area contributed by atoms with Crippen LogP contribution in [0.3, 0.4) is 0 Å². The molecule has 0 aliphatic rings. The fraction of sp³-hybridized carbons (Fsp3) is 0.556. The van der Waals surface area contributed by atoms with E-state index in [1.807, 2.05) is 20.8 Å². The van der Waals surface area contributed by atoms with Crippen molar-refractivity contribution in [2.24, 2.45) is 0 Å². The number of nitrogens with zero attached hydrogens (tertiary/aromatic N) is 1. The standard InChI is InChI=1S/C9H15NO2/c1-5-6-8(12)10(7-11)9(2,3)4/h5-7H,1-4H3/b6-5-. The second kappa shape index (κ2) is 4.04. The Morgan fingerprint density at radius 1 is 1.33 bits per heavy atom. The summed E-state index contributed by atoms with van der Waals surface area (Å²) in [5, 5.41) is 0. The molecule has 68 valence electrons. The molecule has 0 fully saturated rings. The van der Waals surface area contributed by atoms with Crippen LogP contribution in [0, 0.1) is 0 Å². The molecule has 0 bridgehead atoms. The van der Waals surface area contributed by atoms with E-state index in [0.29, 0.717) is 6.41 Å². The highest BCUT2D eigenvalue weighted by molar-refractivity contribution is 5.95. The van der Waals surface area contributed by atoms with Crippen LogP contribution in [-0.2, 0) is 9.59 Å². The summed E-state index contributed by atoms with van der Waals surface area (Å²) in [7, 11) is 0. The molecule has 0 unspecified atom stereocenters. The number of imide groups is 1. The summed E-state index contributed by atoms with van der Waals surface area (Å²) in [6.45, 7) is 7.16. The molecule has 0 aliphatic carbocycles. The summed E-state index contributed by atoms with van der Waals surface area (Å²) in [4.78, 5) is 22.9. The Bertz CT molecular complexity index is 201. The Morgan fingerprint density at radius 2 is 1.83 bits per heavy atom. The number of rotatable bonds is 2. The van der Waals surface area contributed by atoms with E-state index in [1.54, 1.807) is 13.0 Å². The third-order valence-corrected chi connectivity index (χ3v) is 1.37. The molecule has 0 N–H and O–H groups in total. The number of amides is 2. The minimum atomic E-state index is -0.446. The monoisotopic (exact) mass is 169 g/mol. The number of hydrogen-bond acceptors (Lipinski definition) is 2. The summed E-state index contributed by atoms with van der Waals surface area (Å²) in [5.74, 6) is -0.278. The van der Waals surface area contributed by atoms with Gasteiger partial charge in [0.1, 0.15) is 0 Å². The van der Waals surface area contributed by atoms with E-state index in [4.69, 9.17) is 0 Å². The second-order valence-corrected chi connectivity index (χ2v) is 3.48. The maximum absolute atomic E-state index is 11.2. The molecule has 0 atom stereocenters. The lowest BCUT2D eigenvalue weighted by Crippen LogP contribution is -2.43. The Hall–Kier alpha value is -1.12. The molecule has 0 spiro atoms. The van der Waals surface area contributed by atoms with Gasteiger partial charge in [0, 0.05) is 5.54 Å². The zero-order valence-electron chi connectivity index (χ0n) is 8.00. The lowest BCUT2D eigenvalue weighted by Gasteiger charge is -2.28. The van der Waals surface area contributed by atoms with Crippen LogP contribution < -0.4 is 0 Å². The molecule has 12 heavy (non-hydrogen) atoms. The first-order valence-corrected chi connectivity index (χ1v) is 3.84. The molecule has 3 nitrogen and oxygen atoms in total. The van der Waals surface area contributed by atoms with Gasteiger partial charge in [-0.2, -0.15) is 0 Å². The van der Waals surface area contributed by atoms with Crippen molar-refractivity contribution in [3.63, 3.8) is 0 Å². The van der Waals surface area contributed by atoms with Crippen LogP contribution in [0.5, 0.6) is 0 Å².